The first-order valence-electron chi connectivity index (χ1n) is 7.54. The van der Waals surface area contributed by atoms with Crippen LogP contribution in [0.1, 0.15) is 12.8 Å². The SMILES string of the molecule is O=C(O)C1CCN(C(=O)C2CC(=O)N(c3ccccc3Cl)C2)C1. The predicted octanol–water partition coefficient (Wildman–Crippen LogP) is 1.63. The van der Waals surface area contributed by atoms with Gasteiger partial charge in [0.25, 0.3) is 0 Å². The van der Waals surface area contributed by atoms with Crippen LogP contribution in [0.4, 0.5) is 5.69 Å². The van der Waals surface area contributed by atoms with Gasteiger partial charge in [0.2, 0.25) is 11.8 Å². The van der Waals surface area contributed by atoms with E-state index in [1.54, 1.807) is 29.2 Å². The Morgan fingerprint density at radius 1 is 1.17 bits per heavy atom. The van der Waals surface area contributed by atoms with Crippen LogP contribution >= 0.6 is 11.6 Å². The van der Waals surface area contributed by atoms with Crippen molar-refractivity contribution in [3.05, 3.63) is 29.3 Å². The van der Waals surface area contributed by atoms with Crippen LogP contribution in [0.2, 0.25) is 5.02 Å². The highest BCUT2D eigenvalue weighted by atomic mass is 35.5. The molecular weight excluding hydrogens is 320 g/mol. The Bertz CT molecular complexity index is 663. The molecular formula is C16H17ClN2O4. The van der Waals surface area contributed by atoms with E-state index in [9.17, 15) is 14.4 Å². The van der Waals surface area contributed by atoms with Crippen molar-refractivity contribution in [1.82, 2.24) is 4.90 Å². The summed E-state index contributed by atoms with van der Waals surface area (Å²) in [6.45, 7) is 0.952. The molecule has 2 saturated heterocycles. The Morgan fingerprint density at radius 3 is 2.57 bits per heavy atom. The van der Waals surface area contributed by atoms with Crippen LogP contribution < -0.4 is 4.90 Å². The fraction of sp³-hybridized carbons (Fsp3) is 0.438. The maximum atomic E-state index is 12.5. The van der Waals surface area contributed by atoms with E-state index in [2.05, 4.69) is 0 Å². The molecule has 2 heterocycles. The molecule has 23 heavy (non-hydrogen) atoms. The molecule has 0 bridgehead atoms. The molecule has 2 amide bonds. The van der Waals surface area contributed by atoms with Crippen molar-refractivity contribution >= 4 is 35.1 Å². The quantitative estimate of drug-likeness (QED) is 0.910. The lowest BCUT2D eigenvalue weighted by molar-refractivity contribution is -0.141. The second kappa shape index (κ2) is 6.20. The number of carbonyl (C=O) groups excluding carboxylic acids is 2. The molecule has 2 fully saturated rings. The van der Waals surface area contributed by atoms with Crippen molar-refractivity contribution in [3.8, 4) is 0 Å². The second-order valence-electron chi connectivity index (χ2n) is 5.96. The smallest absolute Gasteiger partial charge is 0.308 e. The zero-order valence-corrected chi connectivity index (χ0v) is 13.2. The van der Waals surface area contributed by atoms with Gasteiger partial charge < -0.3 is 14.9 Å². The Morgan fingerprint density at radius 2 is 1.91 bits per heavy atom. The lowest BCUT2D eigenvalue weighted by Crippen LogP contribution is -2.36. The van der Waals surface area contributed by atoms with Crippen molar-refractivity contribution in [2.24, 2.45) is 11.8 Å². The first-order chi connectivity index (χ1) is 11.0. The summed E-state index contributed by atoms with van der Waals surface area (Å²) in [5.74, 6) is -2.09. The third-order valence-electron chi connectivity index (χ3n) is 4.47. The number of hydrogen-bond acceptors (Lipinski definition) is 3. The number of rotatable bonds is 3. The maximum absolute atomic E-state index is 12.5. The van der Waals surface area contributed by atoms with Crippen molar-refractivity contribution in [1.29, 1.82) is 0 Å². The number of para-hydroxylation sites is 1. The number of carboxylic acids is 1. The number of amides is 2. The molecule has 1 aromatic carbocycles. The average molecular weight is 337 g/mol. The number of hydrogen-bond donors (Lipinski definition) is 1. The Labute approximate surface area is 138 Å². The van der Waals surface area contributed by atoms with Crippen molar-refractivity contribution in [3.63, 3.8) is 0 Å². The van der Waals surface area contributed by atoms with Crippen LogP contribution in [-0.2, 0) is 14.4 Å². The van der Waals surface area contributed by atoms with Crippen LogP contribution in [-0.4, -0.2) is 47.4 Å². The molecule has 2 aliphatic rings. The zero-order chi connectivity index (χ0) is 16.6. The summed E-state index contributed by atoms with van der Waals surface area (Å²) >= 11 is 6.12. The first-order valence-corrected chi connectivity index (χ1v) is 7.91. The van der Waals surface area contributed by atoms with Crippen molar-refractivity contribution in [2.45, 2.75) is 12.8 Å². The number of aliphatic carboxylic acids is 1. The summed E-state index contributed by atoms with van der Waals surface area (Å²) in [7, 11) is 0. The van der Waals surface area contributed by atoms with E-state index in [-0.39, 0.29) is 31.3 Å². The van der Waals surface area contributed by atoms with Gasteiger partial charge in [0, 0.05) is 26.1 Å². The Balaban J connectivity index is 1.69. The summed E-state index contributed by atoms with van der Waals surface area (Å²) in [5, 5.41) is 9.50. The van der Waals surface area contributed by atoms with E-state index in [1.807, 2.05) is 0 Å². The number of nitrogens with zero attached hydrogens (tertiary/aromatic N) is 2. The second-order valence-corrected chi connectivity index (χ2v) is 6.37. The van der Waals surface area contributed by atoms with Crippen LogP contribution in [0.15, 0.2) is 24.3 Å². The minimum absolute atomic E-state index is 0.134. The van der Waals surface area contributed by atoms with Crippen LogP contribution in [0.25, 0.3) is 0 Å². The topological polar surface area (TPSA) is 77.9 Å². The number of anilines is 1. The van der Waals surface area contributed by atoms with E-state index in [1.165, 1.54) is 4.90 Å². The minimum atomic E-state index is -0.875. The van der Waals surface area contributed by atoms with E-state index < -0.39 is 17.8 Å². The summed E-state index contributed by atoms with van der Waals surface area (Å²) in [4.78, 5) is 38.9. The molecule has 0 saturated carbocycles. The molecule has 0 spiro atoms. The highest BCUT2D eigenvalue weighted by Gasteiger charge is 2.40. The molecule has 0 aromatic heterocycles. The normalized spacial score (nSPS) is 24.3. The third kappa shape index (κ3) is 3.03. The molecule has 3 rings (SSSR count). The molecule has 1 N–H and O–H groups in total. The first kappa shape index (κ1) is 15.8. The number of carboxylic acid groups (broad SMARTS) is 1. The molecule has 0 radical (unpaired) electrons. The van der Waals surface area contributed by atoms with Crippen LogP contribution in [0.3, 0.4) is 0 Å². The highest BCUT2D eigenvalue weighted by Crippen LogP contribution is 2.32. The molecule has 7 heteroatoms. The molecule has 2 unspecified atom stereocenters. The van der Waals surface area contributed by atoms with Gasteiger partial charge in [-0.1, -0.05) is 23.7 Å². The van der Waals surface area contributed by atoms with E-state index in [4.69, 9.17) is 16.7 Å². The number of carbonyl (C=O) groups is 3. The van der Waals surface area contributed by atoms with E-state index in [0.29, 0.717) is 23.7 Å². The van der Waals surface area contributed by atoms with Gasteiger partial charge in [0.15, 0.2) is 0 Å². The fourth-order valence-corrected chi connectivity index (χ4v) is 3.43. The number of halogens is 1. The standard InChI is InChI=1S/C16H17ClN2O4/c17-12-3-1-2-4-13(12)19-9-11(7-14(19)20)15(21)18-6-5-10(8-18)16(22)23/h1-4,10-11H,5-9H2,(H,22,23). The van der Waals surface area contributed by atoms with Gasteiger partial charge in [0.1, 0.15) is 0 Å². The van der Waals surface area contributed by atoms with E-state index in [0.717, 1.165) is 0 Å². The predicted molar refractivity (Wildman–Crippen MR) is 84.2 cm³/mol. The average Bonchev–Trinajstić information content (AvgIpc) is 3.14. The third-order valence-corrected chi connectivity index (χ3v) is 4.79. The number of likely N-dealkylation sites (tertiary alicyclic amines) is 1. The lowest BCUT2D eigenvalue weighted by Gasteiger charge is -2.21. The van der Waals surface area contributed by atoms with Gasteiger partial charge in [0.05, 0.1) is 22.5 Å². The largest absolute Gasteiger partial charge is 0.481 e. The van der Waals surface area contributed by atoms with Gasteiger partial charge in [-0.15, -0.1) is 0 Å². The molecule has 1 aromatic rings. The molecule has 122 valence electrons. The molecule has 2 atom stereocenters. The lowest BCUT2D eigenvalue weighted by atomic mass is 10.1. The number of benzene rings is 1. The highest BCUT2D eigenvalue weighted by molar-refractivity contribution is 6.33. The summed E-state index contributed by atoms with van der Waals surface area (Å²) in [6, 6.07) is 7.04. The van der Waals surface area contributed by atoms with Gasteiger partial charge >= 0.3 is 5.97 Å². The van der Waals surface area contributed by atoms with E-state index >= 15 is 0 Å². The molecule has 2 aliphatic heterocycles. The maximum Gasteiger partial charge on any atom is 0.308 e. The monoisotopic (exact) mass is 336 g/mol. The molecule has 6 nitrogen and oxygen atoms in total. The zero-order valence-electron chi connectivity index (χ0n) is 12.4. The van der Waals surface area contributed by atoms with Crippen molar-refractivity contribution in [2.75, 3.05) is 24.5 Å². The van der Waals surface area contributed by atoms with Gasteiger partial charge in [-0.25, -0.2) is 0 Å². The summed E-state index contributed by atoms with van der Waals surface area (Å²) in [6.07, 6.45) is 0.605. The minimum Gasteiger partial charge on any atom is -0.481 e. The summed E-state index contributed by atoms with van der Waals surface area (Å²) in [5.41, 5.74) is 0.610. The summed E-state index contributed by atoms with van der Waals surface area (Å²) < 4.78 is 0. The Kier molecular flexibility index (Phi) is 4.26. The van der Waals surface area contributed by atoms with Crippen LogP contribution in [0, 0.1) is 11.8 Å². The molecule has 0 aliphatic carbocycles. The fourth-order valence-electron chi connectivity index (χ4n) is 3.20. The van der Waals surface area contributed by atoms with Crippen LogP contribution in [0.5, 0.6) is 0 Å². The van der Waals surface area contributed by atoms with Crippen molar-refractivity contribution < 1.29 is 19.5 Å². The Hall–Kier alpha value is -2.08. The van der Waals surface area contributed by atoms with Gasteiger partial charge in [-0.3, -0.25) is 14.4 Å². The van der Waals surface area contributed by atoms with Gasteiger partial charge in [-0.2, -0.15) is 0 Å². The van der Waals surface area contributed by atoms with Gasteiger partial charge in [-0.05, 0) is 18.6 Å².